The summed E-state index contributed by atoms with van der Waals surface area (Å²) in [5, 5.41) is 5.79. The highest BCUT2D eigenvalue weighted by Gasteiger charge is 2.31. The third-order valence-corrected chi connectivity index (χ3v) is 4.36. The van der Waals surface area contributed by atoms with E-state index < -0.39 is 0 Å². The van der Waals surface area contributed by atoms with Gasteiger partial charge < -0.3 is 5.32 Å². The lowest BCUT2D eigenvalue weighted by molar-refractivity contribution is 0.148. The Kier molecular flexibility index (Phi) is 3.65. The molecule has 0 amide bonds. The fourth-order valence-electron chi connectivity index (χ4n) is 2.81. The maximum Gasteiger partial charge on any atom is 0.0795 e. The van der Waals surface area contributed by atoms with Crippen molar-refractivity contribution in [3.05, 3.63) is 16.6 Å². The molecule has 16 heavy (non-hydrogen) atoms. The van der Waals surface area contributed by atoms with Crippen molar-refractivity contribution in [2.45, 2.75) is 52.6 Å². The summed E-state index contributed by atoms with van der Waals surface area (Å²) in [6.07, 6.45) is 3.98. The van der Waals surface area contributed by atoms with E-state index in [1.807, 2.05) is 5.51 Å². The first-order chi connectivity index (χ1) is 7.57. The van der Waals surface area contributed by atoms with Crippen molar-refractivity contribution in [3.8, 4) is 0 Å². The second kappa shape index (κ2) is 4.84. The Labute approximate surface area is 102 Å². The Hall–Kier alpha value is -0.410. The number of rotatable bonds is 3. The van der Waals surface area contributed by atoms with Gasteiger partial charge in [-0.15, -0.1) is 11.3 Å². The van der Waals surface area contributed by atoms with Crippen LogP contribution in [0.2, 0.25) is 0 Å². The third-order valence-electron chi connectivity index (χ3n) is 3.72. The molecule has 0 aliphatic heterocycles. The van der Waals surface area contributed by atoms with Gasteiger partial charge in [-0.3, -0.25) is 0 Å². The van der Waals surface area contributed by atoms with Gasteiger partial charge in [-0.25, -0.2) is 4.98 Å². The van der Waals surface area contributed by atoms with Crippen molar-refractivity contribution in [2.24, 2.45) is 11.3 Å². The molecule has 90 valence electrons. The fraction of sp³-hybridized carbons (Fsp3) is 0.769. The molecule has 2 nitrogen and oxygen atoms in total. The third kappa shape index (κ3) is 3.05. The summed E-state index contributed by atoms with van der Waals surface area (Å²) in [5.74, 6) is 0.780. The van der Waals surface area contributed by atoms with Gasteiger partial charge in [-0.1, -0.05) is 20.8 Å². The zero-order valence-corrected chi connectivity index (χ0v) is 11.3. The molecule has 1 fully saturated rings. The Morgan fingerprint density at radius 2 is 2.38 bits per heavy atom. The lowest BCUT2D eigenvalue weighted by Gasteiger charge is -2.39. The molecule has 0 radical (unpaired) electrons. The van der Waals surface area contributed by atoms with E-state index >= 15 is 0 Å². The van der Waals surface area contributed by atoms with Crippen LogP contribution in [-0.4, -0.2) is 11.0 Å². The highest BCUT2D eigenvalue weighted by atomic mass is 32.1. The van der Waals surface area contributed by atoms with Gasteiger partial charge in [0, 0.05) is 18.0 Å². The summed E-state index contributed by atoms with van der Waals surface area (Å²) in [6.45, 7) is 8.08. The molecule has 1 saturated carbocycles. The van der Waals surface area contributed by atoms with E-state index in [2.05, 4.69) is 36.5 Å². The molecule has 0 aromatic carbocycles. The Balaban J connectivity index is 1.83. The van der Waals surface area contributed by atoms with Crippen LogP contribution in [0.25, 0.3) is 0 Å². The minimum Gasteiger partial charge on any atom is -0.308 e. The molecule has 1 aromatic rings. The summed E-state index contributed by atoms with van der Waals surface area (Å²) in [4.78, 5) is 4.31. The van der Waals surface area contributed by atoms with Crippen LogP contribution in [0, 0.1) is 11.3 Å². The van der Waals surface area contributed by atoms with Gasteiger partial charge in [-0.05, 0) is 30.6 Å². The summed E-state index contributed by atoms with van der Waals surface area (Å²) in [6, 6.07) is 0.676. The van der Waals surface area contributed by atoms with Crippen LogP contribution >= 0.6 is 11.3 Å². The highest BCUT2D eigenvalue weighted by Crippen LogP contribution is 2.38. The van der Waals surface area contributed by atoms with Gasteiger partial charge in [0.15, 0.2) is 0 Å². The molecule has 1 aromatic heterocycles. The average molecular weight is 238 g/mol. The molecule has 2 unspecified atom stereocenters. The lowest BCUT2D eigenvalue weighted by atomic mass is 9.70. The largest absolute Gasteiger partial charge is 0.308 e. The Morgan fingerprint density at radius 3 is 3.00 bits per heavy atom. The minimum absolute atomic E-state index is 0.540. The van der Waals surface area contributed by atoms with Crippen LogP contribution in [0.15, 0.2) is 10.9 Å². The monoisotopic (exact) mass is 238 g/mol. The van der Waals surface area contributed by atoms with Crippen LogP contribution in [-0.2, 0) is 6.54 Å². The summed E-state index contributed by atoms with van der Waals surface area (Å²) in [5.41, 5.74) is 3.63. The Bertz CT molecular complexity index is 319. The maximum absolute atomic E-state index is 4.31. The van der Waals surface area contributed by atoms with E-state index in [0.29, 0.717) is 11.5 Å². The zero-order valence-electron chi connectivity index (χ0n) is 10.5. The van der Waals surface area contributed by atoms with Gasteiger partial charge in [0.05, 0.1) is 11.2 Å². The number of hydrogen-bond donors (Lipinski definition) is 1. The van der Waals surface area contributed by atoms with Crippen LogP contribution in [0.4, 0.5) is 0 Å². The van der Waals surface area contributed by atoms with Crippen molar-refractivity contribution in [1.82, 2.24) is 10.3 Å². The predicted octanol–water partition coefficient (Wildman–Crippen LogP) is 3.45. The fourth-order valence-corrected chi connectivity index (χ4v) is 3.37. The van der Waals surface area contributed by atoms with Gasteiger partial charge in [0.25, 0.3) is 0 Å². The van der Waals surface area contributed by atoms with Gasteiger partial charge >= 0.3 is 0 Å². The first-order valence-corrected chi connectivity index (χ1v) is 7.11. The Morgan fingerprint density at radius 1 is 1.56 bits per heavy atom. The molecule has 0 bridgehead atoms. The van der Waals surface area contributed by atoms with Crippen molar-refractivity contribution >= 4 is 11.3 Å². The number of nitrogens with one attached hydrogen (secondary N) is 1. The second-order valence-electron chi connectivity index (χ2n) is 5.85. The number of hydrogen-bond acceptors (Lipinski definition) is 3. The lowest BCUT2D eigenvalue weighted by Crippen LogP contribution is -2.41. The topological polar surface area (TPSA) is 24.9 Å². The average Bonchev–Trinajstić information content (AvgIpc) is 2.68. The van der Waals surface area contributed by atoms with Crippen molar-refractivity contribution in [3.63, 3.8) is 0 Å². The molecular formula is C13H22N2S. The molecule has 2 rings (SSSR count). The molecule has 2 atom stereocenters. The van der Waals surface area contributed by atoms with Crippen LogP contribution in [0.3, 0.4) is 0 Å². The number of thiazole rings is 1. The first-order valence-electron chi connectivity index (χ1n) is 6.17. The molecule has 0 saturated heterocycles. The van der Waals surface area contributed by atoms with E-state index in [1.165, 1.54) is 25.0 Å². The maximum atomic E-state index is 4.31. The number of nitrogens with zero attached hydrogens (tertiary/aromatic N) is 1. The van der Waals surface area contributed by atoms with Crippen molar-refractivity contribution in [2.75, 3.05) is 0 Å². The normalized spacial score (nSPS) is 29.2. The molecule has 3 heteroatoms. The number of aromatic nitrogens is 1. The molecule has 1 aliphatic carbocycles. The van der Waals surface area contributed by atoms with E-state index in [0.717, 1.165) is 12.5 Å². The van der Waals surface area contributed by atoms with Crippen LogP contribution in [0.5, 0.6) is 0 Å². The smallest absolute Gasteiger partial charge is 0.0795 e. The first kappa shape index (κ1) is 12.1. The molecule has 0 spiro atoms. The summed E-state index contributed by atoms with van der Waals surface area (Å²) >= 11 is 1.68. The molecule has 1 N–H and O–H groups in total. The van der Waals surface area contributed by atoms with E-state index in [1.54, 1.807) is 11.3 Å². The predicted molar refractivity (Wildman–Crippen MR) is 69.5 cm³/mol. The molecular weight excluding hydrogens is 216 g/mol. The molecule has 1 aliphatic rings. The van der Waals surface area contributed by atoms with Crippen LogP contribution < -0.4 is 5.32 Å². The highest BCUT2D eigenvalue weighted by molar-refractivity contribution is 7.07. The standard InChI is InChI=1S/C13H22N2S/c1-10-6-13(2,3)5-4-12(10)14-7-11-8-16-9-15-11/h8-10,12,14H,4-7H2,1-3H3. The van der Waals surface area contributed by atoms with E-state index in [9.17, 15) is 0 Å². The van der Waals surface area contributed by atoms with Crippen LogP contribution in [0.1, 0.15) is 45.7 Å². The van der Waals surface area contributed by atoms with E-state index in [4.69, 9.17) is 0 Å². The SMILES string of the molecule is CC1CC(C)(C)CCC1NCc1cscn1. The van der Waals surface area contributed by atoms with Gasteiger partial charge in [0.2, 0.25) is 0 Å². The molecule has 1 heterocycles. The summed E-state index contributed by atoms with van der Waals surface area (Å²) in [7, 11) is 0. The van der Waals surface area contributed by atoms with Gasteiger partial charge in [0.1, 0.15) is 0 Å². The van der Waals surface area contributed by atoms with E-state index in [-0.39, 0.29) is 0 Å². The zero-order chi connectivity index (χ0) is 11.6. The minimum atomic E-state index is 0.540. The summed E-state index contributed by atoms with van der Waals surface area (Å²) < 4.78 is 0. The van der Waals surface area contributed by atoms with Crippen molar-refractivity contribution < 1.29 is 0 Å². The van der Waals surface area contributed by atoms with Gasteiger partial charge in [-0.2, -0.15) is 0 Å². The quantitative estimate of drug-likeness (QED) is 0.872. The second-order valence-corrected chi connectivity index (χ2v) is 6.57. The van der Waals surface area contributed by atoms with Crippen molar-refractivity contribution in [1.29, 1.82) is 0 Å².